The van der Waals surface area contributed by atoms with Crippen LogP contribution in [-0.4, -0.2) is 20.2 Å². The van der Waals surface area contributed by atoms with Crippen molar-refractivity contribution in [2.75, 3.05) is 5.73 Å². The second-order valence-electron chi connectivity index (χ2n) is 6.93. The number of pyridine rings is 2. The highest BCUT2D eigenvalue weighted by atomic mass is 35.5. The highest BCUT2D eigenvalue weighted by Crippen LogP contribution is 2.45. The number of aromatic amines is 2. The quantitative estimate of drug-likeness (QED) is 0.486. The minimum absolute atomic E-state index is 0.0192. The minimum atomic E-state index is -0.458. The van der Waals surface area contributed by atoms with Gasteiger partial charge in [-0.15, -0.1) is 0 Å². The summed E-state index contributed by atoms with van der Waals surface area (Å²) in [7, 11) is 0. The molecule has 3 aromatic heterocycles. The summed E-state index contributed by atoms with van der Waals surface area (Å²) >= 11 is 6.58. The van der Waals surface area contributed by atoms with Crippen molar-refractivity contribution >= 4 is 39.2 Å². The number of nitrogen functional groups attached to an aromatic ring is 1. The first-order chi connectivity index (χ1) is 13.0. The Bertz CT molecular complexity index is 1310. The van der Waals surface area contributed by atoms with Gasteiger partial charge in [-0.1, -0.05) is 17.7 Å². The fourth-order valence-electron chi connectivity index (χ4n) is 3.63. The average Bonchev–Trinajstić information content (AvgIpc) is 3.36. The summed E-state index contributed by atoms with van der Waals surface area (Å²) in [6.45, 7) is 1.91. The molecule has 1 aliphatic rings. The van der Waals surface area contributed by atoms with Gasteiger partial charge in [-0.2, -0.15) is 5.10 Å². The number of hydrogen-bond acceptors (Lipinski definition) is 4. The molecule has 8 heteroatoms. The van der Waals surface area contributed by atoms with Gasteiger partial charge >= 0.3 is 0 Å². The molecule has 1 fully saturated rings. The van der Waals surface area contributed by atoms with Crippen molar-refractivity contribution in [3.8, 4) is 11.1 Å². The van der Waals surface area contributed by atoms with Crippen molar-refractivity contribution in [1.82, 2.24) is 20.2 Å². The van der Waals surface area contributed by atoms with Crippen LogP contribution < -0.4 is 11.3 Å². The number of halogens is 2. The fraction of sp³-hybridized carbons (Fsp3) is 0.211. The average molecular weight is 384 g/mol. The van der Waals surface area contributed by atoms with Crippen LogP contribution in [0.5, 0.6) is 0 Å². The predicted octanol–water partition coefficient (Wildman–Crippen LogP) is 4.03. The van der Waals surface area contributed by atoms with Crippen LogP contribution in [0.25, 0.3) is 33.1 Å². The van der Waals surface area contributed by atoms with E-state index < -0.39 is 11.4 Å². The van der Waals surface area contributed by atoms with E-state index in [1.807, 2.05) is 6.92 Å². The molecular weight excluding hydrogens is 369 g/mol. The number of H-pyrrole nitrogens is 2. The number of nitrogens with one attached hydrogen (secondary N) is 2. The SMILES string of the molecule is Cc1c(C2CC2)nc2c(-c3ccc(F)c4[nH]ncc34)c(N)c(=O)[nH]c2c1Cl. The van der Waals surface area contributed by atoms with Crippen molar-refractivity contribution in [2.24, 2.45) is 0 Å². The zero-order valence-corrected chi connectivity index (χ0v) is 15.1. The van der Waals surface area contributed by atoms with Gasteiger partial charge in [-0.05, 0) is 37.0 Å². The van der Waals surface area contributed by atoms with E-state index >= 15 is 0 Å². The maximum absolute atomic E-state index is 14.1. The van der Waals surface area contributed by atoms with Crippen LogP contribution in [0.3, 0.4) is 0 Å². The zero-order valence-electron chi connectivity index (χ0n) is 14.4. The maximum Gasteiger partial charge on any atom is 0.272 e. The fourth-order valence-corrected chi connectivity index (χ4v) is 3.86. The normalized spacial score (nSPS) is 14.3. The van der Waals surface area contributed by atoms with Gasteiger partial charge in [0, 0.05) is 22.6 Å². The Morgan fingerprint density at radius 2 is 2.07 bits per heavy atom. The molecule has 4 N–H and O–H groups in total. The summed E-state index contributed by atoms with van der Waals surface area (Å²) in [6, 6.07) is 2.91. The van der Waals surface area contributed by atoms with Gasteiger partial charge in [0.25, 0.3) is 5.56 Å². The number of fused-ring (bicyclic) bond motifs is 2. The Balaban J connectivity index is 1.96. The molecule has 0 radical (unpaired) electrons. The summed E-state index contributed by atoms with van der Waals surface area (Å²) in [4.78, 5) is 20.1. The standard InChI is InChI=1S/C19H15ClFN5O/c1-7-13(20)18-17(24-15(7)8-2-3-8)12(14(22)19(27)25-18)9-4-5-11(21)16-10(9)6-23-26-16/h4-6,8H,2-3,22H2,1H3,(H,23,26)(H,25,27). The lowest BCUT2D eigenvalue weighted by molar-refractivity contribution is 0.636. The molecule has 0 bridgehead atoms. The first-order valence-electron chi connectivity index (χ1n) is 8.60. The Kier molecular flexibility index (Phi) is 3.33. The summed E-state index contributed by atoms with van der Waals surface area (Å²) in [5, 5.41) is 7.56. The van der Waals surface area contributed by atoms with Crippen molar-refractivity contribution in [3.63, 3.8) is 0 Å². The minimum Gasteiger partial charge on any atom is -0.394 e. The van der Waals surface area contributed by atoms with Crippen LogP contribution in [-0.2, 0) is 0 Å². The van der Waals surface area contributed by atoms with Crippen LogP contribution >= 0.6 is 11.6 Å². The highest BCUT2D eigenvalue weighted by molar-refractivity contribution is 6.36. The van der Waals surface area contributed by atoms with Crippen LogP contribution in [0.2, 0.25) is 5.02 Å². The van der Waals surface area contributed by atoms with E-state index in [1.165, 1.54) is 12.3 Å². The van der Waals surface area contributed by atoms with Gasteiger partial charge in [0.2, 0.25) is 0 Å². The Labute approximate surface area is 157 Å². The third-order valence-electron chi connectivity index (χ3n) is 5.19. The van der Waals surface area contributed by atoms with E-state index in [9.17, 15) is 9.18 Å². The Morgan fingerprint density at radius 1 is 1.30 bits per heavy atom. The lowest BCUT2D eigenvalue weighted by Gasteiger charge is -2.15. The molecular formula is C19H15ClFN5O. The van der Waals surface area contributed by atoms with E-state index in [1.54, 1.807) is 6.07 Å². The number of nitrogens with two attached hydrogens (primary N) is 1. The number of hydrogen-bond donors (Lipinski definition) is 3. The molecule has 0 unspecified atom stereocenters. The van der Waals surface area contributed by atoms with Crippen LogP contribution in [0.4, 0.5) is 10.1 Å². The van der Waals surface area contributed by atoms with Gasteiger partial charge in [0.05, 0.1) is 22.3 Å². The number of aromatic nitrogens is 4. The molecule has 0 saturated heterocycles. The van der Waals surface area contributed by atoms with Gasteiger partial charge < -0.3 is 10.7 Å². The monoisotopic (exact) mass is 383 g/mol. The molecule has 3 heterocycles. The number of benzene rings is 1. The van der Waals surface area contributed by atoms with Crippen molar-refractivity contribution < 1.29 is 4.39 Å². The summed E-state index contributed by atoms with van der Waals surface area (Å²) < 4.78 is 14.1. The van der Waals surface area contributed by atoms with Gasteiger partial charge in [0.15, 0.2) is 0 Å². The topological polar surface area (TPSA) is 100 Å². The van der Waals surface area contributed by atoms with Crippen molar-refractivity contribution in [1.29, 1.82) is 0 Å². The summed E-state index contributed by atoms with van der Waals surface area (Å²) in [6.07, 6.45) is 3.64. The van der Waals surface area contributed by atoms with E-state index in [-0.39, 0.29) is 11.2 Å². The zero-order chi connectivity index (χ0) is 18.9. The summed E-state index contributed by atoms with van der Waals surface area (Å²) in [5.41, 5.74) is 9.74. The van der Waals surface area contributed by atoms with Crippen LogP contribution in [0.15, 0.2) is 23.1 Å². The molecule has 0 amide bonds. The number of anilines is 1. The van der Waals surface area contributed by atoms with Crippen LogP contribution in [0.1, 0.15) is 30.0 Å². The molecule has 4 aromatic rings. The van der Waals surface area contributed by atoms with E-state index in [4.69, 9.17) is 22.3 Å². The third-order valence-corrected chi connectivity index (χ3v) is 5.66. The largest absolute Gasteiger partial charge is 0.394 e. The van der Waals surface area contributed by atoms with Crippen molar-refractivity contribution in [3.05, 3.63) is 50.8 Å². The molecule has 0 aliphatic heterocycles. The van der Waals surface area contributed by atoms with Crippen LogP contribution in [0, 0.1) is 12.7 Å². The highest BCUT2D eigenvalue weighted by Gasteiger charge is 2.30. The molecule has 27 heavy (non-hydrogen) atoms. The second kappa shape index (κ2) is 5.53. The third kappa shape index (κ3) is 2.28. The Hall–Kier alpha value is -2.93. The lowest BCUT2D eigenvalue weighted by atomic mass is 9.98. The number of rotatable bonds is 2. The predicted molar refractivity (Wildman–Crippen MR) is 104 cm³/mol. The molecule has 5 rings (SSSR count). The first-order valence-corrected chi connectivity index (χ1v) is 8.98. The number of nitrogens with zero attached hydrogens (tertiary/aromatic N) is 2. The smallest absolute Gasteiger partial charge is 0.272 e. The second-order valence-corrected chi connectivity index (χ2v) is 7.31. The molecule has 0 spiro atoms. The Morgan fingerprint density at radius 3 is 2.81 bits per heavy atom. The molecule has 0 atom stereocenters. The molecule has 6 nitrogen and oxygen atoms in total. The van der Waals surface area contributed by atoms with E-state index in [0.717, 1.165) is 24.1 Å². The van der Waals surface area contributed by atoms with E-state index in [2.05, 4.69) is 15.2 Å². The molecule has 1 aromatic carbocycles. The first kappa shape index (κ1) is 16.3. The van der Waals surface area contributed by atoms with Gasteiger partial charge in [-0.3, -0.25) is 9.89 Å². The van der Waals surface area contributed by atoms with Crippen molar-refractivity contribution in [2.45, 2.75) is 25.7 Å². The van der Waals surface area contributed by atoms with Gasteiger partial charge in [0.1, 0.15) is 17.0 Å². The summed E-state index contributed by atoms with van der Waals surface area (Å²) in [5.74, 6) is -0.0606. The van der Waals surface area contributed by atoms with E-state index in [0.29, 0.717) is 38.5 Å². The van der Waals surface area contributed by atoms with Gasteiger partial charge in [-0.25, -0.2) is 9.37 Å². The molecule has 1 saturated carbocycles. The molecule has 1 aliphatic carbocycles. The molecule has 136 valence electrons. The maximum atomic E-state index is 14.1. The lowest BCUT2D eigenvalue weighted by Crippen LogP contribution is -2.15.